The van der Waals surface area contributed by atoms with E-state index in [0.29, 0.717) is 5.69 Å². The van der Waals surface area contributed by atoms with Crippen molar-refractivity contribution in [1.82, 2.24) is 19.1 Å². The maximum Gasteiger partial charge on any atom is 0.337 e. The van der Waals surface area contributed by atoms with Crippen molar-refractivity contribution in [3.8, 4) is 5.69 Å². The summed E-state index contributed by atoms with van der Waals surface area (Å²) >= 11 is 0. The van der Waals surface area contributed by atoms with Gasteiger partial charge >= 0.3 is 5.69 Å². The first-order chi connectivity index (χ1) is 13.6. The number of nitro benzene ring substituents is 1. The Bertz CT molecular complexity index is 1310. The van der Waals surface area contributed by atoms with E-state index in [1.807, 2.05) is 0 Å². The monoisotopic (exact) mass is 375 g/mol. The third kappa shape index (κ3) is 2.94. The number of hydrogen-bond acceptors (Lipinski definition) is 6. The van der Waals surface area contributed by atoms with Gasteiger partial charge in [0.05, 0.1) is 28.2 Å². The van der Waals surface area contributed by atoms with E-state index in [4.69, 9.17) is 0 Å². The highest BCUT2D eigenvalue weighted by molar-refractivity contribution is 5.75. The Kier molecular flexibility index (Phi) is 4.24. The van der Waals surface area contributed by atoms with Gasteiger partial charge in [0.2, 0.25) is 0 Å². The summed E-state index contributed by atoms with van der Waals surface area (Å²) in [6.45, 7) is -0.0295. The lowest BCUT2D eigenvalue weighted by molar-refractivity contribution is -0.384. The first-order valence-electron chi connectivity index (χ1n) is 8.31. The lowest BCUT2D eigenvalue weighted by Gasteiger charge is -2.13. The number of nitro groups is 1. The molecule has 4 rings (SSSR count). The zero-order chi connectivity index (χ0) is 19.7. The molecule has 28 heavy (non-hydrogen) atoms. The molecule has 0 bridgehead atoms. The van der Waals surface area contributed by atoms with Gasteiger partial charge in [0, 0.05) is 24.5 Å². The maximum atomic E-state index is 13.2. The zero-order valence-corrected chi connectivity index (χ0v) is 14.4. The molecule has 3 aromatic heterocycles. The van der Waals surface area contributed by atoms with Crippen LogP contribution < -0.4 is 11.2 Å². The van der Waals surface area contributed by atoms with Crippen molar-refractivity contribution in [2.45, 2.75) is 6.54 Å². The van der Waals surface area contributed by atoms with Crippen LogP contribution in [-0.4, -0.2) is 24.0 Å². The molecule has 0 saturated heterocycles. The van der Waals surface area contributed by atoms with E-state index >= 15 is 0 Å². The molecule has 0 spiro atoms. The Labute approximate surface area is 157 Å². The van der Waals surface area contributed by atoms with Crippen LogP contribution in [0.5, 0.6) is 0 Å². The van der Waals surface area contributed by atoms with Crippen LogP contribution in [0.2, 0.25) is 0 Å². The summed E-state index contributed by atoms with van der Waals surface area (Å²) < 4.78 is 2.25. The molecule has 0 unspecified atom stereocenters. The van der Waals surface area contributed by atoms with Gasteiger partial charge in [-0.15, -0.1) is 0 Å². The van der Waals surface area contributed by atoms with E-state index in [9.17, 15) is 19.7 Å². The molecule has 0 aliphatic heterocycles. The topological polar surface area (TPSA) is 113 Å². The van der Waals surface area contributed by atoms with Gasteiger partial charge in [-0.2, -0.15) is 0 Å². The number of hydrogen-bond donors (Lipinski definition) is 0. The van der Waals surface area contributed by atoms with E-state index in [0.717, 1.165) is 4.57 Å². The second-order valence-corrected chi connectivity index (χ2v) is 5.98. The van der Waals surface area contributed by atoms with Crippen LogP contribution >= 0.6 is 0 Å². The molecule has 0 N–H and O–H groups in total. The number of rotatable bonds is 4. The Morgan fingerprint density at radius 2 is 1.79 bits per heavy atom. The number of aromatic nitrogens is 4. The first-order valence-corrected chi connectivity index (χ1v) is 8.31. The van der Waals surface area contributed by atoms with Crippen LogP contribution in [0.3, 0.4) is 0 Å². The minimum absolute atomic E-state index is 0.0295. The predicted molar refractivity (Wildman–Crippen MR) is 102 cm³/mol. The van der Waals surface area contributed by atoms with Crippen molar-refractivity contribution < 1.29 is 4.92 Å². The quantitative estimate of drug-likeness (QED) is 0.398. The molecule has 0 amide bonds. The Hall–Kier alpha value is -4.14. The van der Waals surface area contributed by atoms with E-state index < -0.39 is 16.2 Å². The molecular weight excluding hydrogens is 362 g/mol. The molecule has 9 nitrogen and oxygen atoms in total. The van der Waals surface area contributed by atoms with Crippen molar-refractivity contribution in [2.75, 3.05) is 0 Å². The van der Waals surface area contributed by atoms with E-state index in [2.05, 4.69) is 9.97 Å². The Morgan fingerprint density at radius 1 is 0.964 bits per heavy atom. The minimum Gasteiger partial charge on any atom is -0.268 e. The first kappa shape index (κ1) is 17.3. The molecule has 0 radical (unpaired) electrons. The third-order valence-electron chi connectivity index (χ3n) is 4.24. The molecule has 0 atom stereocenters. The van der Waals surface area contributed by atoms with Crippen molar-refractivity contribution in [3.05, 3.63) is 104 Å². The number of non-ortho nitro benzene ring substituents is 1. The molecule has 0 saturated carbocycles. The third-order valence-corrected chi connectivity index (χ3v) is 4.24. The second-order valence-electron chi connectivity index (χ2n) is 5.98. The van der Waals surface area contributed by atoms with Crippen LogP contribution in [-0.2, 0) is 6.54 Å². The van der Waals surface area contributed by atoms with Crippen LogP contribution in [0, 0.1) is 10.1 Å². The summed E-state index contributed by atoms with van der Waals surface area (Å²) in [7, 11) is 0. The highest BCUT2D eigenvalue weighted by Gasteiger charge is 2.17. The Balaban J connectivity index is 2.03. The average molecular weight is 375 g/mol. The molecule has 0 aliphatic rings. The van der Waals surface area contributed by atoms with Crippen LogP contribution in [0.25, 0.3) is 16.7 Å². The molecule has 3 heterocycles. The van der Waals surface area contributed by atoms with E-state index in [-0.39, 0.29) is 29.0 Å². The van der Waals surface area contributed by atoms with Crippen molar-refractivity contribution >= 4 is 16.7 Å². The fraction of sp³-hybridized carbons (Fsp3) is 0.0526. The zero-order valence-electron chi connectivity index (χ0n) is 14.4. The van der Waals surface area contributed by atoms with E-state index in [1.165, 1.54) is 29.0 Å². The standard InChI is InChI=1S/C19H13N5O4/c25-18-16-8-4-10-21-17(16)23(14-6-3-7-15(11-14)24(27)28)19(26)22(18)12-13-5-1-2-9-20-13/h1-11H,12H2. The van der Waals surface area contributed by atoms with Gasteiger partial charge in [0.15, 0.2) is 5.65 Å². The van der Waals surface area contributed by atoms with Gasteiger partial charge in [-0.25, -0.2) is 14.3 Å². The van der Waals surface area contributed by atoms with Gasteiger partial charge < -0.3 is 0 Å². The lowest BCUT2D eigenvalue weighted by Crippen LogP contribution is -2.40. The van der Waals surface area contributed by atoms with Crippen LogP contribution in [0.15, 0.2) is 76.6 Å². The average Bonchev–Trinajstić information content (AvgIpc) is 2.72. The fourth-order valence-electron chi connectivity index (χ4n) is 2.96. The summed E-state index contributed by atoms with van der Waals surface area (Å²) in [6, 6.07) is 14.0. The number of nitrogens with zero attached hydrogens (tertiary/aromatic N) is 5. The van der Waals surface area contributed by atoms with Gasteiger partial charge in [-0.05, 0) is 30.3 Å². The summed E-state index contributed by atoms with van der Waals surface area (Å²) in [4.78, 5) is 45.0. The molecule has 9 heteroatoms. The molecule has 4 aromatic rings. The fourth-order valence-corrected chi connectivity index (χ4v) is 2.96. The Morgan fingerprint density at radius 3 is 2.54 bits per heavy atom. The van der Waals surface area contributed by atoms with Crippen molar-refractivity contribution in [1.29, 1.82) is 0 Å². The second kappa shape index (κ2) is 6.88. The molecular formula is C19H13N5O4. The van der Waals surface area contributed by atoms with E-state index in [1.54, 1.807) is 42.6 Å². The molecule has 0 aliphatic carbocycles. The highest BCUT2D eigenvalue weighted by atomic mass is 16.6. The number of fused-ring (bicyclic) bond motifs is 1. The maximum absolute atomic E-state index is 13.2. The molecule has 0 fully saturated rings. The summed E-state index contributed by atoms with van der Waals surface area (Å²) in [5.74, 6) is 0. The summed E-state index contributed by atoms with van der Waals surface area (Å²) in [5, 5.41) is 11.4. The summed E-state index contributed by atoms with van der Waals surface area (Å²) in [6.07, 6.45) is 3.03. The lowest BCUT2D eigenvalue weighted by atomic mass is 10.2. The minimum atomic E-state index is -0.651. The predicted octanol–water partition coefficient (Wildman–Crippen LogP) is 1.90. The highest BCUT2D eigenvalue weighted by Crippen LogP contribution is 2.18. The normalized spacial score (nSPS) is 10.9. The summed E-state index contributed by atoms with van der Waals surface area (Å²) in [5.41, 5.74) is -0.401. The van der Waals surface area contributed by atoms with Crippen molar-refractivity contribution in [3.63, 3.8) is 0 Å². The van der Waals surface area contributed by atoms with Gasteiger partial charge in [0.25, 0.3) is 11.2 Å². The molecule has 138 valence electrons. The molecule has 1 aromatic carbocycles. The van der Waals surface area contributed by atoms with Crippen LogP contribution in [0.4, 0.5) is 5.69 Å². The SMILES string of the molecule is O=c1c2cccnc2n(-c2cccc([N+](=O)[O-])c2)c(=O)n1Cc1ccccn1. The van der Waals surface area contributed by atoms with Gasteiger partial charge in [0.1, 0.15) is 0 Å². The number of benzene rings is 1. The number of pyridine rings is 2. The van der Waals surface area contributed by atoms with Gasteiger partial charge in [-0.3, -0.25) is 24.5 Å². The largest absolute Gasteiger partial charge is 0.337 e. The van der Waals surface area contributed by atoms with Crippen LogP contribution in [0.1, 0.15) is 5.69 Å². The smallest absolute Gasteiger partial charge is 0.268 e. The van der Waals surface area contributed by atoms with Gasteiger partial charge in [-0.1, -0.05) is 12.1 Å². The van der Waals surface area contributed by atoms with Crippen molar-refractivity contribution in [2.24, 2.45) is 0 Å².